The molecule has 1 saturated heterocycles. The number of benzene rings is 2. The number of rotatable bonds is 6. The summed E-state index contributed by atoms with van der Waals surface area (Å²) in [6.07, 6.45) is 3.20. The Bertz CT molecular complexity index is 1380. The summed E-state index contributed by atoms with van der Waals surface area (Å²) < 4.78 is 30.5. The van der Waals surface area contributed by atoms with Crippen molar-refractivity contribution in [3.8, 4) is 22.8 Å². The number of ether oxygens (including phenoxy) is 1. The van der Waals surface area contributed by atoms with E-state index in [4.69, 9.17) is 9.72 Å². The molecule has 11 heteroatoms. The molecule has 0 unspecified atom stereocenters. The smallest absolute Gasteiger partial charge is 0.319 e. The molecule has 10 nitrogen and oxygen atoms in total. The van der Waals surface area contributed by atoms with Crippen LogP contribution in [0.4, 0.5) is 16.4 Å². The van der Waals surface area contributed by atoms with Crippen LogP contribution in [0.3, 0.4) is 0 Å². The number of hydrogen-bond donors (Lipinski definition) is 2. The maximum absolute atomic E-state index is 12.5. The fourth-order valence-corrected chi connectivity index (χ4v) is 4.91. The molecular weight excluding hydrogens is 480 g/mol. The van der Waals surface area contributed by atoms with E-state index < -0.39 is 9.84 Å². The fraction of sp³-hybridized carbons (Fsp3) is 0.360. The number of carbonyl (C=O) groups excluding carboxylic acids is 1. The summed E-state index contributed by atoms with van der Waals surface area (Å²) in [6, 6.07) is 14.0. The molecule has 5 rings (SSSR count). The monoisotopic (exact) mass is 508 g/mol. The molecule has 1 aliphatic carbocycles. The van der Waals surface area contributed by atoms with Crippen LogP contribution >= 0.6 is 0 Å². The lowest BCUT2D eigenvalue weighted by atomic mass is 10.1. The molecule has 0 radical (unpaired) electrons. The highest BCUT2D eigenvalue weighted by atomic mass is 32.2. The molecule has 188 valence electrons. The first-order valence-electron chi connectivity index (χ1n) is 11.9. The van der Waals surface area contributed by atoms with E-state index in [1.54, 1.807) is 36.4 Å². The van der Waals surface area contributed by atoms with Crippen LogP contribution in [-0.4, -0.2) is 67.5 Å². The number of morpholine rings is 1. The summed E-state index contributed by atoms with van der Waals surface area (Å²) in [5, 5.41) is 5.72. The predicted octanol–water partition coefficient (Wildman–Crippen LogP) is 3.12. The Hall–Kier alpha value is -3.57. The minimum absolute atomic E-state index is 0.0450. The second-order valence-electron chi connectivity index (χ2n) is 9.12. The molecule has 2 amide bonds. The fourth-order valence-electron chi connectivity index (χ4n) is 4.02. The van der Waals surface area contributed by atoms with E-state index in [9.17, 15) is 13.2 Å². The van der Waals surface area contributed by atoms with Gasteiger partial charge in [0.05, 0.1) is 24.2 Å². The lowest BCUT2D eigenvalue weighted by Gasteiger charge is -2.33. The summed E-state index contributed by atoms with van der Waals surface area (Å²) in [6.45, 7) is 3.72. The van der Waals surface area contributed by atoms with E-state index in [1.165, 1.54) is 6.26 Å². The Labute approximate surface area is 210 Å². The highest BCUT2D eigenvalue weighted by Crippen LogP contribution is 2.29. The van der Waals surface area contributed by atoms with Gasteiger partial charge in [0, 0.05) is 35.7 Å². The zero-order valence-corrected chi connectivity index (χ0v) is 21.0. The molecule has 2 N–H and O–H groups in total. The molecule has 0 spiro atoms. The Morgan fingerprint density at radius 3 is 2.44 bits per heavy atom. The molecule has 1 saturated carbocycles. The quantitative estimate of drug-likeness (QED) is 0.520. The number of hydrogen-bond acceptors (Lipinski definition) is 8. The Kier molecular flexibility index (Phi) is 6.59. The molecule has 1 aliphatic heterocycles. The zero-order valence-electron chi connectivity index (χ0n) is 20.1. The third-order valence-corrected chi connectivity index (χ3v) is 7.24. The van der Waals surface area contributed by atoms with Gasteiger partial charge in [0.1, 0.15) is 0 Å². The molecule has 36 heavy (non-hydrogen) atoms. The molecule has 0 bridgehead atoms. The third kappa shape index (κ3) is 5.47. The number of urea groups is 1. The number of sulfone groups is 1. The normalized spacial score (nSPS) is 18.1. The summed E-state index contributed by atoms with van der Waals surface area (Å²) >= 11 is 0. The van der Waals surface area contributed by atoms with Gasteiger partial charge in [0.2, 0.25) is 5.95 Å². The second-order valence-corrected chi connectivity index (χ2v) is 11.1. The van der Waals surface area contributed by atoms with Crippen molar-refractivity contribution in [2.75, 3.05) is 36.2 Å². The molecule has 2 heterocycles. The van der Waals surface area contributed by atoms with Crippen molar-refractivity contribution in [2.45, 2.75) is 36.7 Å². The summed E-state index contributed by atoms with van der Waals surface area (Å²) in [5.41, 5.74) is 1.78. The maximum Gasteiger partial charge on any atom is 0.319 e. The Morgan fingerprint density at radius 2 is 1.75 bits per heavy atom. The summed E-state index contributed by atoms with van der Waals surface area (Å²) in [5.74, 6) is 1.15. The number of anilines is 2. The number of amides is 2. The highest BCUT2D eigenvalue weighted by molar-refractivity contribution is 7.90. The van der Waals surface area contributed by atoms with Crippen molar-refractivity contribution in [2.24, 2.45) is 0 Å². The van der Waals surface area contributed by atoms with E-state index >= 15 is 0 Å². The SMILES string of the molecule is C[C@@H]1COCCN1c1nc(-c2ccc(NC(=O)NC3CC3)cc2)nc(-c2ccccc2S(C)(=O)=O)n1. The largest absolute Gasteiger partial charge is 0.377 e. The third-order valence-electron chi connectivity index (χ3n) is 6.09. The van der Waals surface area contributed by atoms with E-state index in [1.807, 2.05) is 24.0 Å². The van der Waals surface area contributed by atoms with Crippen molar-refractivity contribution in [3.63, 3.8) is 0 Å². The minimum atomic E-state index is -3.51. The van der Waals surface area contributed by atoms with Crippen LogP contribution in [0.25, 0.3) is 22.8 Å². The van der Waals surface area contributed by atoms with Crippen LogP contribution in [0.2, 0.25) is 0 Å². The van der Waals surface area contributed by atoms with Crippen molar-refractivity contribution < 1.29 is 17.9 Å². The highest BCUT2D eigenvalue weighted by Gasteiger charge is 2.25. The van der Waals surface area contributed by atoms with Crippen LogP contribution in [-0.2, 0) is 14.6 Å². The van der Waals surface area contributed by atoms with Gasteiger partial charge in [-0.2, -0.15) is 9.97 Å². The Balaban J connectivity index is 1.53. The van der Waals surface area contributed by atoms with Gasteiger partial charge in [-0.1, -0.05) is 12.1 Å². The van der Waals surface area contributed by atoms with Gasteiger partial charge in [0.25, 0.3) is 0 Å². The van der Waals surface area contributed by atoms with Crippen molar-refractivity contribution in [1.29, 1.82) is 0 Å². The van der Waals surface area contributed by atoms with E-state index in [0.717, 1.165) is 12.8 Å². The zero-order chi connectivity index (χ0) is 25.3. The van der Waals surface area contributed by atoms with Crippen LogP contribution < -0.4 is 15.5 Å². The number of nitrogens with zero attached hydrogens (tertiary/aromatic N) is 4. The number of nitrogens with one attached hydrogen (secondary N) is 2. The van der Waals surface area contributed by atoms with Gasteiger partial charge in [-0.25, -0.2) is 18.2 Å². The number of aromatic nitrogens is 3. The molecule has 1 aromatic heterocycles. The summed E-state index contributed by atoms with van der Waals surface area (Å²) in [4.78, 5) is 28.3. The first kappa shape index (κ1) is 24.1. The average Bonchev–Trinajstić information content (AvgIpc) is 3.68. The topological polar surface area (TPSA) is 126 Å². The van der Waals surface area contributed by atoms with Gasteiger partial charge in [0.15, 0.2) is 21.5 Å². The standard InChI is InChI=1S/C25H28N6O4S/c1-16-15-35-14-13-31(16)24-29-22(17-7-9-18(10-8-17)26-25(32)27-19-11-12-19)28-23(30-24)20-5-3-4-6-21(20)36(2,33)34/h3-10,16,19H,11-15H2,1-2H3,(H2,26,27,32)/t16-/m1/s1. The van der Waals surface area contributed by atoms with Crippen LogP contribution in [0.5, 0.6) is 0 Å². The van der Waals surface area contributed by atoms with E-state index in [2.05, 4.69) is 20.6 Å². The van der Waals surface area contributed by atoms with Crippen LogP contribution in [0.1, 0.15) is 19.8 Å². The molecule has 1 atom stereocenters. The minimum Gasteiger partial charge on any atom is -0.377 e. The second kappa shape index (κ2) is 9.82. The van der Waals surface area contributed by atoms with Crippen LogP contribution in [0, 0.1) is 0 Å². The maximum atomic E-state index is 12.5. The predicted molar refractivity (Wildman–Crippen MR) is 137 cm³/mol. The lowest BCUT2D eigenvalue weighted by molar-refractivity contribution is 0.0981. The summed E-state index contributed by atoms with van der Waals surface area (Å²) in [7, 11) is -3.51. The first-order valence-corrected chi connectivity index (χ1v) is 13.7. The molecule has 2 aromatic carbocycles. The van der Waals surface area contributed by atoms with Crippen LogP contribution in [0.15, 0.2) is 53.4 Å². The van der Waals surface area contributed by atoms with Gasteiger partial charge >= 0.3 is 6.03 Å². The van der Waals surface area contributed by atoms with Gasteiger partial charge in [-0.05, 0) is 56.2 Å². The van der Waals surface area contributed by atoms with Crippen molar-refractivity contribution in [3.05, 3.63) is 48.5 Å². The van der Waals surface area contributed by atoms with E-state index in [0.29, 0.717) is 48.3 Å². The molecule has 2 aliphatic rings. The Morgan fingerprint density at radius 1 is 1.03 bits per heavy atom. The molecule has 2 fully saturated rings. The van der Waals surface area contributed by atoms with Crippen molar-refractivity contribution >= 4 is 27.5 Å². The van der Waals surface area contributed by atoms with Gasteiger partial charge in [-0.3, -0.25) is 0 Å². The van der Waals surface area contributed by atoms with Gasteiger partial charge in [-0.15, -0.1) is 0 Å². The number of carbonyl (C=O) groups is 1. The van der Waals surface area contributed by atoms with Gasteiger partial charge < -0.3 is 20.3 Å². The molecule has 3 aromatic rings. The lowest BCUT2D eigenvalue weighted by Crippen LogP contribution is -2.44. The average molecular weight is 509 g/mol. The van der Waals surface area contributed by atoms with Crippen molar-refractivity contribution in [1.82, 2.24) is 20.3 Å². The molecular formula is C25H28N6O4S. The van der Waals surface area contributed by atoms with E-state index in [-0.39, 0.29) is 28.8 Å². The first-order chi connectivity index (χ1) is 17.3.